The number of nitrogens with zero attached hydrogens (tertiary/aromatic N) is 4. The number of benzene rings is 1. The maximum absolute atomic E-state index is 15.7. The fourth-order valence-corrected chi connectivity index (χ4v) is 6.12. The van der Waals surface area contributed by atoms with Gasteiger partial charge in [-0.25, -0.2) is 8.78 Å². The second-order valence-corrected chi connectivity index (χ2v) is 11.5. The first kappa shape index (κ1) is 28.6. The number of rotatable bonds is 8. The molecule has 10 heteroatoms. The van der Waals surface area contributed by atoms with Gasteiger partial charge in [0.05, 0.1) is 0 Å². The van der Waals surface area contributed by atoms with Gasteiger partial charge in [-0.1, -0.05) is 6.07 Å². The predicted molar refractivity (Wildman–Crippen MR) is 142 cm³/mol. The minimum absolute atomic E-state index is 0.0614. The standard InChI is InChI=1S/C30H35F5N4O/c1-38-19-24-23(4-5-25(31)28(24)37-38)27(40)18-20-6-11-29(32,12-7-20)14-17-39-15-9-21-2-3-22(8-13-30(33,34)35)36-26(21)10-16-39/h2-5,19-20H,6-18H2,1H3. The molecule has 0 N–H and O–H groups in total. The molecule has 40 heavy (non-hydrogen) atoms. The van der Waals surface area contributed by atoms with Crippen molar-refractivity contribution in [2.24, 2.45) is 13.0 Å². The molecule has 0 radical (unpaired) electrons. The van der Waals surface area contributed by atoms with Crippen LogP contribution in [0.25, 0.3) is 10.9 Å². The number of hydrogen-bond donors (Lipinski definition) is 0. The summed E-state index contributed by atoms with van der Waals surface area (Å²) in [7, 11) is 1.69. The summed E-state index contributed by atoms with van der Waals surface area (Å²) < 4.78 is 69.1. The molecular weight excluding hydrogens is 527 g/mol. The first-order valence-electron chi connectivity index (χ1n) is 14.1. The molecule has 0 atom stereocenters. The smallest absolute Gasteiger partial charge is 0.302 e. The fraction of sp³-hybridized carbons (Fsp3) is 0.567. The Morgan fingerprint density at radius 1 is 1.10 bits per heavy atom. The Labute approximate surface area is 230 Å². The number of hydrogen-bond acceptors (Lipinski definition) is 4. The molecule has 0 saturated heterocycles. The summed E-state index contributed by atoms with van der Waals surface area (Å²) in [6.45, 7) is 2.09. The third-order valence-electron chi connectivity index (χ3n) is 8.55. The third kappa shape index (κ3) is 6.87. The Morgan fingerprint density at radius 2 is 1.85 bits per heavy atom. The highest BCUT2D eigenvalue weighted by Crippen LogP contribution is 2.40. The first-order chi connectivity index (χ1) is 19.0. The quantitative estimate of drug-likeness (QED) is 0.230. The molecule has 0 amide bonds. The number of alkyl halides is 4. The molecule has 216 valence electrons. The molecule has 0 spiro atoms. The van der Waals surface area contributed by atoms with Crippen LogP contribution in [0.3, 0.4) is 0 Å². The molecule has 1 saturated carbocycles. The van der Waals surface area contributed by atoms with E-state index in [4.69, 9.17) is 0 Å². The van der Waals surface area contributed by atoms with E-state index in [1.807, 2.05) is 6.07 Å². The van der Waals surface area contributed by atoms with E-state index in [0.29, 0.717) is 74.7 Å². The van der Waals surface area contributed by atoms with Crippen LogP contribution in [0.15, 0.2) is 30.5 Å². The minimum Gasteiger partial charge on any atom is -0.302 e. The van der Waals surface area contributed by atoms with Gasteiger partial charge in [0.15, 0.2) is 11.6 Å². The molecule has 3 aromatic rings. The molecule has 1 aromatic carbocycles. The molecule has 1 aliphatic carbocycles. The fourth-order valence-electron chi connectivity index (χ4n) is 6.12. The maximum atomic E-state index is 15.7. The third-order valence-corrected chi connectivity index (χ3v) is 8.55. The van der Waals surface area contributed by atoms with Gasteiger partial charge in [-0.3, -0.25) is 14.5 Å². The summed E-state index contributed by atoms with van der Waals surface area (Å²) >= 11 is 0. The summed E-state index contributed by atoms with van der Waals surface area (Å²) in [5.41, 5.74) is 1.76. The van der Waals surface area contributed by atoms with Gasteiger partial charge in [-0.05, 0) is 74.6 Å². The predicted octanol–water partition coefficient (Wildman–Crippen LogP) is 6.56. The van der Waals surface area contributed by atoms with Crippen LogP contribution < -0.4 is 0 Å². The van der Waals surface area contributed by atoms with Crippen LogP contribution in [0.4, 0.5) is 22.0 Å². The van der Waals surface area contributed by atoms with E-state index in [1.54, 1.807) is 19.3 Å². The number of fused-ring (bicyclic) bond motifs is 2. The Morgan fingerprint density at radius 3 is 2.60 bits per heavy atom. The van der Waals surface area contributed by atoms with Crippen LogP contribution in [0.2, 0.25) is 0 Å². The largest absolute Gasteiger partial charge is 0.389 e. The Hall–Kier alpha value is -2.88. The topological polar surface area (TPSA) is 51.0 Å². The van der Waals surface area contributed by atoms with Crippen LogP contribution in [-0.2, 0) is 26.3 Å². The van der Waals surface area contributed by atoms with E-state index in [0.717, 1.165) is 24.2 Å². The van der Waals surface area contributed by atoms with Crippen molar-refractivity contribution in [3.8, 4) is 0 Å². The number of halogens is 5. The van der Waals surface area contributed by atoms with Crippen molar-refractivity contribution in [1.82, 2.24) is 19.7 Å². The molecule has 2 aliphatic rings. The van der Waals surface area contributed by atoms with Crippen molar-refractivity contribution in [3.63, 3.8) is 0 Å². The highest BCUT2D eigenvalue weighted by molar-refractivity contribution is 6.07. The zero-order valence-electron chi connectivity index (χ0n) is 22.7. The Kier molecular flexibility index (Phi) is 8.27. The van der Waals surface area contributed by atoms with Gasteiger partial charge in [0, 0.05) is 74.5 Å². The normalized spacial score (nSPS) is 22.3. The second-order valence-electron chi connectivity index (χ2n) is 11.5. The van der Waals surface area contributed by atoms with Crippen LogP contribution >= 0.6 is 0 Å². The Balaban J connectivity index is 1.10. The van der Waals surface area contributed by atoms with Crippen molar-refractivity contribution < 1.29 is 26.7 Å². The number of ketones is 1. The van der Waals surface area contributed by atoms with E-state index in [9.17, 15) is 22.4 Å². The zero-order valence-corrected chi connectivity index (χ0v) is 22.7. The van der Waals surface area contributed by atoms with Crippen LogP contribution in [0, 0.1) is 11.7 Å². The molecule has 3 heterocycles. The van der Waals surface area contributed by atoms with Crippen molar-refractivity contribution >= 4 is 16.7 Å². The molecule has 0 unspecified atom stereocenters. The van der Waals surface area contributed by atoms with Gasteiger partial charge < -0.3 is 4.90 Å². The molecule has 2 aromatic heterocycles. The molecule has 0 bridgehead atoms. The number of aromatic nitrogens is 3. The molecule has 1 fully saturated rings. The van der Waals surface area contributed by atoms with Crippen molar-refractivity contribution in [1.29, 1.82) is 0 Å². The summed E-state index contributed by atoms with van der Waals surface area (Å²) in [6.07, 6.45) is 0.686. The monoisotopic (exact) mass is 562 g/mol. The van der Waals surface area contributed by atoms with E-state index in [1.165, 1.54) is 16.8 Å². The molecule has 5 rings (SSSR count). The van der Waals surface area contributed by atoms with Gasteiger partial charge in [0.25, 0.3) is 0 Å². The first-order valence-corrected chi connectivity index (χ1v) is 14.1. The van der Waals surface area contributed by atoms with Crippen molar-refractivity contribution in [3.05, 3.63) is 58.8 Å². The highest BCUT2D eigenvalue weighted by atomic mass is 19.4. The van der Waals surface area contributed by atoms with Gasteiger partial charge in [0.1, 0.15) is 11.2 Å². The highest BCUT2D eigenvalue weighted by Gasteiger charge is 2.36. The summed E-state index contributed by atoms with van der Waals surface area (Å²) in [6, 6.07) is 6.38. The average molecular weight is 563 g/mol. The lowest BCUT2D eigenvalue weighted by Crippen LogP contribution is -2.36. The van der Waals surface area contributed by atoms with E-state index < -0.39 is 24.1 Å². The molecule has 1 aliphatic heterocycles. The molecule has 5 nitrogen and oxygen atoms in total. The van der Waals surface area contributed by atoms with Crippen LogP contribution in [0.1, 0.15) is 72.3 Å². The number of carbonyl (C=O) groups excluding carboxylic acids is 1. The number of pyridine rings is 1. The van der Waals surface area contributed by atoms with E-state index in [2.05, 4.69) is 15.0 Å². The number of aryl methyl sites for hydroxylation is 2. The average Bonchev–Trinajstić information content (AvgIpc) is 3.19. The second kappa shape index (κ2) is 11.5. The SMILES string of the molecule is Cn1cc2c(C(=O)CC3CCC(F)(CCN4CCc5ccc(CCC(F)(F)F)nc5CC4)CC3)ccc(F)c2n1. The van der Waals surface area contributed by atoms with E-state index in [-0.39, 0.29) is 23.6 Å². The van der Waals surface area contributed by atoms with Gasteiger partial charge >= 0.3 is 6.18 Å². The van der Waals surface area contributed by atoms with Gasteiger partial charge in [0.2, 0.25) is 0 Å². The summed E-state index contributed by atoms with van der Waals surface area (Å²) in [5.74, 6) is -0.422. The van der Waals surface area contributed by atoms with E-state index >= 15 is 4.39 Å². The maximum Gasteiger partial charge on any atom is 0.389 e. The lowest BCUT2D eigenvalue weighted by Gasteiger charge is -2.35. The van der Waals surface area contributed by atoms with Crippen LogP contribution in [0.5, 0.6) is 0 Å². The lowest BCUT2D eigenvalue weighted by atomic mass is 9.76. The van der Waals surface area contributed by atoms with Crippen molar-refractivity contribution in [2.75, 3.05) is 19.6 Å². The number of carbonyl (C=O) groups is 1. The molecular formula is C30H35F5N4O. The van der Waals surface area contributed by atoms with Gasteiger partial charge in [-0.2, -0.15) is 18.3 Å². The summed E-state index contributed by atoms with van der Waals surface area (Å²) in [5, 5.41) is 4.62. The number of Topliss-reactive ketones (excluding diaryl/α,β-unsaturated/α-hetero) is 1. The van der Waals surface area contributed by atoms with Crippen LogP contribution in [-0.4, -0.2) is 56.9 Å². The lowest BCUT2D eigenvalue weighted by molar-refractivity contribution is -0.134. The Bertz CT molecular complexity index is 1360. The van der Waals surface area contributed by atoms with Gasteiger partial charge in [-0.15, -0.1) is 0 Å². The minimum atomic E-state index is -4.20. The summed E-state index contributed by atoms with van der Waals surface area (Å²) in [4.78, 5) is 19.8. The zero-order chi connectivity index (χ0) is 28.5. The van der Waals surface area contributed by atoms with Crippen molar-refractivity contribution in [2.45, 2.75) is 76.1 Å².